The lowest BCUT2D eigenvalue weighted by molar-refractivity contribution is 0.436. The highest BCUT2D eigenvalue weighted by Crippen LogP contribution is 2.39. The first-order chi connectivity index (χ1) is 7.06. The molecule has 4 nitrogen and oxygen atoms in total. The highest BCUT2D eigenvalue weighted by atomic mass is 16.3. The standard InChI is InChI=1S/C11H12N2O2/c1-6-4-7(2)10-8(5-6)9(12-15)11(14)13(10)3/h4-5,14H,1-3H3. The number of aromatic hydroxyl groups is 1. The lowest BCUT2D eigenvalue weighted by atomic mass is 10.1. The minimum absolute atomic E-state index is 0.0753. The second-order valence-electron chi connectivity index (χ2n) is 3.80. The monoisotopic (exact) mass is 204 g/mol. The van der Waals surface area contributed by atoms with Gasteiger partial charge in [0.05, 0.1) is 5.52 Å². The van der Waals surface area contributed by atoms with E-state index in [1.165, 1.54) is 0 Å². The van der Waals surface area contributed by atoms with Crippen molar-refractivity contribution in [2.75, 3.05) is 0 Å². The number of hydrogen-bond donors (Lipinski definition) is 1. The van der Waals surface area contributed by atoms with E-state index < -0.39 is 0 Å². The second-order valence-corrected chi connectivity index (χ2v) is 3.80. The summed E-state index contributed by atoms with van der Waals surface area (Å²) in [5.74, 6) is -0.0753. The summed E-state index contributed by atoms with van der Waals surface area (Å²) in [4.78, 5) is 10.7. The quantitative estimate of drug-likeness (QED) is 0.726. The number of hydrogen-bond acceptors (Lipinski definition) is 3. The van der Waals surface area contributed by atoms with Crippen molar-refractivity contribution in [3.05, 3.63) is 28.2 Å². The third kappa shape index (κ3) is 1.21. The largest absolute Gasteiger partial charge is 0.493 e. The van der Waals surface area contributed by atoms with Gasteiger partial charge in [0.2, 0.25) is 5.88 Å². The molecule has 0 unspecified atom stereocenters. The zero-order chi connectivity index (χ0) is 11.2. The average Bonchev–Trinajstić information content (AvgIpc) is 2.39. The fraction of sp³-hybridized carbons (Fsp3) is 0.273. The Hall–Kier alpha value is -1.84. The van der Waals surface area contributed by atoms with Crippen LogP contribution in [0.3, 0.4) is 0 Å². The summed E-state index contributed by atoms with van der Waals surface area (Å²) in [6.07, 6.45) is 0. The van der Waals surface area contributed by atoms with Crippen LogP contribution in [0.4, 0.5) is 5.69 Å². The van der Waals surface area contributed by atoms with Gasteiger partial charge in [-0.25, -0.2) is 0 Å². The Labute approximate surface area is 87.1 Å². The van der Waals surface area contributed by atoms with Gasteiger partial charge in [-0.15, -0.1) is 4.91 Å². The SMILES string of the molecule is Cc1cc(C)c2c(c1)c(N=O)c(O)n2C. The molecule has 1 aromatic carbocycles. The lowest BCUT2D eigenvalue weighted by Gasteiger charge is -2.02. The van der Waals surface area contributed by atoms with Gasteiger partial charge in [-0.3, -0.25) is 0 Å². The van der Waals surface area contributed by atoms with Gasteiger partial charge in [-0.2, -0.15) is 0 Å². The molecule has 0 spiro atoms. The molecular weight excluding hydrogens is 192 g/mol. The molecule has 0 aliphatic carbocycles. The van der Waals surface area contributed by atoms with E-state index in [0.717, 1.165) is 16.6 Å². The fourth-order valence-electron chi connectivity index (χ4n) is 2.06. The minimum Gasteiger partial charge on any atom is -0.493 e. The Kier molecular flexibility index (Phi) is 2.00. The van der Waals surface area contributed by atoms with E-state index in [1.807, 2.05) is 26.0 Å². The first-order valence-electron chi connectivity index (χ1n) is 4.68. The number of fused-ring (bicyclic) bond motifs is 1. The van der Waals surface area contributed by atoms with E-state index in [1.54, 1.807) is 11.6 Å². The topological polar surface area (TPSA) is 54.6 Å². The van der Waals surface area contributed by atoms with Gasteiger partial charge in [-0.05, 0) is 30.7 Å². The molecule has 1 N–H and O–H groups in total. The van der Waals surface area contributed by atoms with Crippen molar-refractivity contribution in [3.8, 4) is 5.88 Å². The molecule has 0 fully saturated rings. The van der Waals surface area contributed by atoms with Gasteiger partial charge < -0.3 is 9.67 Å². The van der Waals surface area contributed by atoms with Gasteiger partial charge >= 0.3 is 0 Å². The predicted molar refractivity (Wildman–Crippen MR) is 59.5 cm³/mol. The molecular formula is C11H12N2O2. The van der Waals surface area contributed by atoms with Crippen LogP contribution in [0.25, 0.3) is 10.9 Å². The molecule has 0 radical (unpaired) electrons. The van der Waals surface area contributed by atoms with E-state index in [0.29, 0.717) is 5.39 Å². The third-order valence-corrected chi connectivity index (χ3v) is 2.66. The van der Waals surface area contributed by atoms with Crippen molar-refractivity contribution < 1.29 is 5.11 Å². The Morgan fingerprint density at radius 3 is 2.60 bits per heavy atom. The van der Waals surface area contributed by atoms with Crippen LogP contribution in [0.1, 0.15) is 11.1 Å². The molecule has 0 saturated carbocycles. The summed E-state index contributed by atoms with van der Waals surface area (Å²) in [6.45, 7) is 3.90. The van der Waals surface area contributed by atoms with Crippen LogP contribution in [-0.4, -0.2) is 9.67 Å². The fourth-order valence-corrected chi connectivity index (χ4v) is 2.06. The van der Waals surface area contributed by atoms with E-state index in [-0.39, 0.29) is 11.6 Å². The van der Waals surface area contributed by atoms with E-state index >= 15 is 0 Å². The molecule has 0 bridgehead atoms. The highest BCUT2D eigenvalue weighted by Gasteiger charge is 2.16. The van der Waals surface area contributed by atoms with Crippen LogP contribution in [0.15, 0.2) is 17.3 Å². The molecule has 78 valence electrons. The van der Waals surface area contributed by atoms with Crippen LogP contribution in [-0.2, 0) is 7.05 Å². The molecule has 2 rings (SSSR count). The molecule has 0 atom stereocenters. The van der Waals surface area contributed by atoms with Crippen molar-refractivity contribution in [2.24, 2.45) is 12.2 Å². The zero-order valence-electron chi connectivity index (χ0n) is 8.90. The van der Waals surface area contributed by atoms with Gasteiger partial charge in [0.25, 0.3) is 0 Å². The summed E-state index contributed by atoms with van der Waals surface area (Å²) in [7, 11) is 1.72. The van der Waals surface area contributed by atoms with Crippen molar-refractivity contribution in [1.82, 2.24) is 4.57 Å². The van der Waals surface area contributed by atoms with Crippen molar-refractivity contribution in [1.29, 1.82) is 0 Å². The first-order valence-corrected chi connectivity index (χ1v) is 4.68. The summed E-state index contributed by atoms with van der Waals surface area (Å²) in [5, 5.41) is 13.3. The maximum absolute atomic E-state index is 10.7. The number of aromatic nitrogens is 1. The second kappa shape index (κ2) is 3.08. The van der Waals surface area contributed by atoms with Crippen LogP contribution in [0.5, 0.6) is 5.88 Å². The Morgan fingerprint density at radius 2 is 2.00 bits per heavy atom. The van der Waals surface area contributed by atoms with Crippen molar-refractivity contribution in [3.63, 3.8) is 0 Å². The molecule has 15 heavy (non-hydrogen) atoms. The van der Waals surface area contributed by atoms with E-state index in [2.05, 4.69) is 5.18 Å². The van der Waals surface area contributed by atoms with Crippen LogP contribution < -0.4 is 0 Å². The van der Waals surface area contributed by atoms with Crippen LogP contribution >= 0.6 is 0 Å². The predicted octanol–water partition coefficient (Wildman–Crippen LogP) is 2.90. The average molecular weight is 204 g/mol. The molecule has 0 aliphatic heterocycles. The maximum atomic E-state index is 10.7. The zero-order valence-corrected chi connectivity index (χ0v) is 8.90. The molecule has 4 heteroatoms. The van der Waals surface area contributed by atoms with Gasteiger partial charge in [0, 0.05) is 12.4 Å². The van der Waals surface area contributed by atoms with Gasteiger partial charge in [-0.1, -0.05) is 11.6 Å². The van der Waals surface area contributed by atoms with Crippen LogP contribution in [0, 0.1) is 18.8 Å². The Balaban J connectivity index is 3.03. The Morgan fingerprint density at radius 1 is 1.33 bits per heavy atom. The molecule has 1 aromatic heterocycles. The summed E-state index contributed by atoms with van der Waals surface area (Å²) in [5.41, 5.74) is 3.06. The summed E-state index contributed by atoms with van der Waals surface area (Å²) < 4.78 is 1.58. The normalized spacial score (nSPS) is 10.9. The first kappa shape index (κ1) is 9.71. The number of nitrogens with zero attached hydrogens (tertiary/aromatic N) is 2. The molecule has 2 aromatic rings. The number of rotatable bonds is 1. The number of benzene rings is 1. The lowest BCUT2D eigenvalue weighted by Crippen LogP contribution is -1.89. The molecule has 1 heterocycles. The highest BCUT2D eigenvalue weighted by molar-refractivity contribution is 5.97. The minimum atomic E-state index is -0.0753. The van der Waals surface area contributed by atoms with Crippen molar-refractivity contribution >= 4 is 16.6 Å². The van der Waals surface area contributed by atoms with E-state index in [9.17, 15) is 10.0 Å². The smallest absolute Gasteiger partial charge is 0.222 e. The summed E-state index contributed by atoms with van der Waals surface area (Å²) in [6, 6.07) is 3.87. The maximum Gasteiger partial charge on any atom is 0.222 e. The Bertz CT molecular complexity index is 555. The van der Waals surface area contributed by atoms with Gasteiger partial charge in [0.15, 0.2) is 5.69 Å². The number of nitroso groups, excluding NO2 is 1. The molecule has 0 saturated heterocycles. The van der Waals surface area contributed by atoms with Gasteiger partial charge in [0.1, 0.15) is 0 Å². The number of aryl methyl sites for hydroxylation is 3. The van der Waals surface area contributed by atoms with Crippen LogP contribution in [0.2, 0.25) is 0 Å². The van der Waals surface area contributed by atoms with Crippen molar-refractivity contribution in [2.45, 2.75) is 13.8 Å². The summed E-state index contributed by atoms with van der Waals surface area (Å²) >= 11 is 0. The third-order valence-electron chi connectivity index (χ3n) is 2.66. The molecule has 0 amide bonds. The molecule has 0 aliphatic rings. The van der Waals surface area contributed by atoms with E-state index in [4.69, 9.17) is 0 Å².